The third-order valence-electron chi connectivity index (χ3n) is 3.57. The molecule has 0 aliphatic rings. The monoisotopic (exact) mass is 377 g/mol. The second-order valence-corrected chi connectivity index (χ2v) is 8.22. The summed E-state index contributed by atoms with van der Waals surface area (Å²) in [6.07, 6.45) is 3.98. The van der Waals surface area contributed by atoms with E-state index >= 15 is 0 Å². The number of thiazole rings is 1. The molecule has 0 aliphatic carbocycles. The number of hydrogen-bond donors (Lipinski definition) is 1. The number of sulfonamides is 1. The highest BCUT2D eigenvalue weighted by molar-refractivity contribution is 7.89. The second kappa shape index (κ2) is 7.38. The summed E-state index contributed by atoms with van der Waals surface area (Å²) in [6, 6.07) is 8.53. The van der Waals surface area contributed by atoms with Crippen LogP contribution in [0.1, 0.15) is 10.6 Å². The first kappa shape index (κ1) is 17.7. The Morgan fingerprint density at radius 3 is 2.64 bits per heavy atom. The van der Waals surface area contributed by atoms with Crippen LogP contribution in [0.3, 0.4) is 0 Å². The smallest absolute Gasteiger partial charge is 0.240 e. The Balaban J connectivity index is 1.66. The van der Waals surface area contributed by atoms with E-state index in [1.807, 2.05) is 19.1 Å². The molecule has 0 saturated carbocycles. The quantitative estimate of drug-likeness (QED) is 0.716. The molecule has 1 N–H and O–H groups in total. The number of nitrogens with zero attached hydrogens (tertiary/aromatic N) is 2. The Labute approximate surface area is 149 Å². The molecule has 3 rings (SSSR count). The van der Waals surface area contributed by atoms with Gasteiger partial charge in [0.1, 0.15) is 10.8 Å². The van der Waals surface area contributed by atoms with Crippen LogP contribution >= 0.6 is 11.3 Å². The minimum absolute atomic E-state index is 0.0472. The van der Waals surface area contributed by atoms with Gasteiger partial charge in [0, 0.05) is 29.4 Å². The zero-order valence-corrected chi connectivity index (χ0v) is 15.1. The van der Waals surface area contributed by atoms with Crippen molar-refractivity contribution < 1.29 is 12.8 Å². The number of aryl methyl sites for hydroxylation is 1. The Kier molecular flexibility index (Phi) is 5.22. The molecule has 0 atom stereocenters. The van der Waals surface area contributed by atoms with E-state index in [4.69, 9.17) is 0 Å². The number of benzene rings is 1. The first-order chi connectivity index (χ1) is 12.0. The van der Waals surface area contributed by atoms with Crippen LogP contribution in [-0.4, -0.2) is 24.9 Å². The Bertz CT molecular complexity index is 955. The number of nitrogens with one attached hydrogen (secondary N) is 1. The summed E-state index contributed by atoms with van der Waals surface area (Å²) in [7, 11) is -3.65. The molecule has 0 bridgehead atoms. The van der Waals surface area contributed by atoms with E-state index in [1.54, 1.807) is 12.4 Å². The maximum Gasteiger partial charge on any atom is 0.240 e. The van der Waals surface area contributed by atoms with E-state index in [9.17, 15) is 12.8 Å². The number of hydrogen-bond acceptors (Lipinski definition) is 5. The molecule has 0 radical (unpaired) electrons. The molecule has 2 aromatic heterocycles. The van der Waals surface area contributed by atoms with Crippen LogP contribution in [0.2, 0.25) is 0 Å². The summed E-state index contributed by atoms with van der Waals surface area (Å²) in [5, 5.41) is 0.863. The van der Waals surface area contributed by atoms with Crippen molar-refractivity contribution in [2.45, 2.75) is 18.2 Å². The summed E-state index contributed by atoms with van der Waals surface area (Å²) < 4.78 is 39.8. The van der Waals surface area contributed by atoms with Crippen LogP contribution < -0.4 is 4.72 Å². The molecule has 0 spiro atoms. The standard InChI is InChI=1S/C17H16FN3O2S2/c1-12-16(24-17(21-12)13-3-2-9-19-11-13)8-10-20-25(22,23)15-6-4-14(18)5-7-15/h2-7,9,11,20H,8,10H2,1H3. The second-order valence-electron chi connectivity index (χ2n) is 5.37. The van der Waals surface area contributed by atoms with E-state index in [-0.39, 0.29) is 11.4 Å². The fourth-order valence-electron chi connectivity index (χ4n) is 2.27. The third-order valence-corrected chi connectivity index (χ3v) is 6.31. The summed E-state index contributed by atoms with van der Waals surface area (Å²) in [5.74, 6) is -0.470. The summed E-state index contributed by atoms with van der Waals surface area (Å²) in [6.45, 7) is 2.15. The van der Waals surface area contributed by atoms with Gasteiger partial charge < -0.3 is 0 Å². The van der Waals surface area contributed by atoms with Gasteiger partial charge in [-0.15, -0.1) is 11.3 Å². The fourth-order valence-corrected chi connectivity index (χ4v) is 4.35. The maximum absolute atomic E-state index is 12.9. The zero-order chi connectivity index (χ0) is 17.9. The van der Waals surface area contributed by atoms with E-state index < -0.39 is 15.8 Å². The minimum atomic E-state index is -3.65. The molecule has 8 heteroatoms. The topological polar surface area (TPSA) is 72.0 Å². The highest BCUT2D eigenvalue weighted by atomic mass is 32.2. The number of pyridine rings is 1. The molecular formula is C17H16FN3O2S2. The summed E-state index contributed by atoms with van der Waals surface area (Å²) >= 11 is 1.53. The number of rotatable bonds is 6. The lowest BCUT2D eigenvalue weighted by atomic mass is 10.3. The SMILES string of the molecule is Cc1nc(-c2cccnc2)sc1CCNS(=O)(=O)c1ccc(F)cc1. The lowest BCUT2D eigenvalue weighted by Gasteiger charge is -2.06. The molecular weight excluding hydrogens is 361 g/mol. The number of halogens is 1. The molecule has 2 heterocycles. The lowest BCUT2D eigenvalue weighted by molar-refractivity contribution is 0.581. The van der Waals surface area contributed by atoms with Crippen molar-refractivity contribution in [1.82, 2.24) is 14.7 Å². The van der Waals surface area contributed by atoms with Gasteiger partial charge >= 0.3 is 0 Å². The van der Waals surface area contributed by atoms with Crippen molar-refractivity contribution in [3.8, 4) is 10.6 Å². The Morgan fingerprint density at radius 2 is 1.96 bits per heavy atom. The van der Waals surface area contributed by atoms with Gasteiger partial charge in [0.2, 0.25) is 10.0 Å². The van der Waals surface area contributed by atoms with Gasteiger partial charge in [-0.25, -0.2) is 22.5 Å². The molecule has 0 amide bonds. The van der Waals surface area contributed by atoms with Crippen molar-refractivity contribution in [2.24, 2.45) is 0 Å². The van der Waals surface area contributed by atoms with E-state index in [1.165, 1.54) is 23.5 Å². The van der Waals surface area contributed by atoms with Crippen LogP contribution in [0, 0.1) is 12.7 Å². The highest BCUT2D eigenvalue weighted by Gasteiger charge is 2.15. The van der Waals surface area contributed by atoms with E-state index in [0.29, 0.717) is 6.42 Å². The van der Waals surface area contributed by atoms with Crippen LogP contribution in [0.5, 0.6) is 0 Å². The highest BCUT2D eigenvalue weighted by Crippen LogP contribution is 2.27. The molecule has 0 aliphatic heterocycles. The van der Waals surface area contributed by atoms with Crippen LogP contribution in [-0.2, 0) is 16.4 Å². The van der Waals surface area contributed by atoms with Crippen LogP contribution in [0.25, 0.3) is 10.6 Å². The largest absolute Gasteiger partial charge is 0.264 e. The van der Waals surface area contributed by atoms with Gasteiger partial charge in [0.25, 0.3) is 0 Å². The Morgan fingerprint density at radius 1 is 1.20 bits per heavy atom. The molecule has 5 nitrogen and oxygen atoms in total. The fraction of sp³-hybridized carbons (Fsp3) is 0.176. The molecule has 3 aromatic rings. The predicted molar refractivity (Wildman–Crippen MR) is 95.4 cm³/mol. The molecule has 0 unspecified atom stereocenters. The van der Waals surface area contributed by atoms with Crippen molar-refractivity contribution in [1.29, 1.82) is 0 Å². The molecule has 1 aromatic carbocycles. The molecule has 25 heavy (non-hydrogen) atoms. The summed E-state index contributed by atoms with van der Waals surface area (Å²) in [4.78, 5) is 9.67. The van der Waals surface area contributed by atoms with Gasteiger partial charge in [-0.3, -0.25) is 4.98 Å². The van der Waals surface area contributed by atoms with Gasteiger partial charge in [0.15, 0.2) is 0 Å². The van der Waals surface area contributed by atoms with Crippen LogP contribution in [0.4, 0.5) is 4.39 Å². The predicted octanol–water partition coefficient (Wildman–Crippen LogP) is 3.17. The molecule has 130 valence electrons. The van der Waals surface area contributed by atoms with Crippen LogP contribution in [0.15, 0.2) is 53.7 Å². The lowest BCUT2D eigenvalue weighted by Crippen LogP contribution is -2.25. The average Bonchev–Trinajstić information content (AvgIpc) is 2.97. The summed E-state index contributed by atoms with van der Waals surface area (Å²) in [5.41, 5.74) is 1.82. The normalized spacial score (nSPS) is 11.6. The minimum Gasteiger partial charge on any atom is -0.264 e. The van der Waals surface area contributed by atoms with E-state index in [2.05, 4.69) is 14.7 Å². The molecule has 0 saturated heterocycles. The van der Waals surface area contributed by atoms with Crippen molar-refractivity contribution in [2.75, 3.05) is 6.54 Å². The van der Waals surface area contributed by atoms with Gasteiger partial charge in [0.05, 0.1) is 10.6 Å². The van der Waals surface area contributed by atoms with Crippen molar-refractivity contribution in [3.05, 3.63) is 65.2 Å². The van der Waals surface area contributed by atoms with Crippen molar-refractivity contribution in [3.63, 3.8) is 0 Å². The maximum atomic E-state index is 12.9. The average molecular weight is 377 g/mol. The number of aromatic nitrogens is 2. The van der Waals surface area contributed by atoms with E-state index in [0.717, 1.165) is 33.3 Å². The first-order valence-electron chi connectivity index (χ1n) is 7.57. The third kappa shape index (κ3) is 4.28. The van der Waals surface area contributed by atoms with Gasteiger partial charge in [-0.2, -0.15) is 0 Å². The van der Waals surface area contributed by atoms with Gasteiger partial charge in [-0.1, -0.05) is 0 Å². The Hall–Kier alpha value is -2.16. The zero-order valence-electron chi connectivity index (χ0n) is 13.4. The van der Waals surface area contributed by atoms with Gasteiger partial charge in [-0.05, 0) is 49.7 Å². The first-order valence-corrected chi connectivity index (χ1v) is 9.87. The molecule has 0 fully saturated rings. The van der Waals surface area contributed by atoms with Crippen molar-refractivity contribution >= 4 is 21.4 Å².